The van der Waals surface area contributed by atoms with E-state index >= 15 is 0 Å². The third-order valence-electron chi connectivity index (χ3n) is 2.23. The molecule has 1 rings (SSSR count). The van der Waals surface area contributed by atoms with Crippen molar-refractivity contribution in [1.29, 1.82) is 0 Å². The summed E-state index contributed by atoms with van der Waals surface area (Å²) in [5.74, 6) is 0.469. The van der Waals surface area contributed by atoms with Crippen LogP contribution in [0.1, 0.15) is 26.0 Å². The van der Waals surface area contributed by atoms with Crippen molar-refractivity contribution in [2.24, 2.45) is 5.92 Å². The second-order valence-electron chi connectivity index (χ2n) is 4.65. The molecular weight excluding hydrogens is 288 g/mol. The summed E-state index contributed by atoms with van der Waals surface area (Å²) in [6.07, 6.45) is 0.602. The number of hydrogen-bond donors (Lipinski definition) is 2. The number of hydrogen-bond acceptors (Lipinski definition) is 5. The number of thiazole rings is 1. The van der Waals surface area contributed by atoms with E-state index in [1.807, 2.05) is 0 Å². The van der Waals surface area contributed by atoms with Gasteiger partial charge in [-0.05, 0) is 19.3 Å². The zero-order valence-electron chi connectivity index (χ0n) is 11.4. The van der Waals surface area contributed by atoms with E-state index in [0.717, 1.165) is 0 Å². The molecule has 6 nitrogen and oxygen atoms in total. The highest BCUT2D eigenvalue weighted by atomic mass is 32.2. The molecule has 0 atom stereocenters. The molecule has 0 bridgehead atoms. The van der Waals surface area contributed by atoms with Crippen LogP contribution < -0.4 is 9.60 Å². The van der Waals surface area contributed by atoms with Crippen molar-refractivity contribution in [2.75, 3.05) is 19.8 Å². The molecular formula is C11H20N2O4S2. The molecule has 110 valence electrons. The van der Waals surface area contributed by atoms with Crippen molar-refractivity contribution in [1.82, 2.24) is 9.71 Å². The minimum atomic E-state index is -3.59. The standard InChI is InChI=1S/C11H20N2O4S2/c1-8(2)7-17-6-4-5-12-19(15,16)10-9(3)13-11(14)18-10/h8,12H,4-7H2,1-3H3,(H,13,14). The van der Waals surface area contributed by atoms with Crippen molar-refractivity contribution < 1.29 is 13.2 Å². The van der Waals surface area contributed by atoms with E-state index in [-0.39, 0.29) is 9.08 Å². The summed E-state index contributed by atoms with van der Waals surface area (Å²) in [7, 11) is -3.59. The van der Waals surface area contributed by atoms with Crippen molar-refractivity contribution >= 4 is 21.4 Å². The second kappa shape index (κ2) is 7.18. The summed E-state index contributed by atoms with van der Waals surface area (Å²) in [4.78, 5) is 13.2. The van der Waals surface area contributed by atoms with Crippen LogP contribution in [0.3, 0.4) is 0 Å². The maximum atomic E-state index is 11.9. The van der Waals surface area contributed by atoms with Gasteiger partial charge in [0.1, 0.15) is 0 Å². The van der Waals surface area contributed by atoms with Crippen LogP contribution in [0.25, 0.3) is 0 Å². The van der Waals surface area contributed by atoms with Gasteiger partial charge in [0.05, 0.1) is 0 Å². The van der Waals surface area contributed by atoms with Gasteiger partial charge in [-0.1, -0.05) is 25.2 Å². The van der Waals surface area contributed by atoms with E-state index in [2.05, 4.69) is 23.6 Å². The highest BCUT2D eigenvalue weighted by molar-refractivity contribution is 7.91. The predicted octanol–water partition coefficient (Wildman–Crippen LogP) is 1.09. The second-order valence-corrected chi connectivity index (χ2v) is 7.59. The number of H-pyrrole nitrogens is 1. The minimum Gasteiger partial charge on any atom is -0.381 e. The minimum absolute atomic E-state index is 0.0561. The lowest BCUT2D eigenvalue weighted by molar-refractivity contribution is 0.108. The average molecular weight is 308 g/mol. The first kappa shape index (κ1) is 16.4. The third kappa shape index (κ3) is 5.43. The highest BCUT2D eigenvalue weighted by Gasteiger charge is 2.19. The van der Waals surface area contributed by atoms with E-state index < -0.39 is 10.0 Å². The van der Waals surface area contributed by atoms with Crippen LogP contribution >= 0.6 is 11.3 Å². The van der Waals surface area contributed by atoms with Gasteiger partial charge in [-0.3, -0.25) is 4.79 Å². The zero-order chi connectivity index (χ0) is 14.5. The van der Waals surface area contributed by atoms with Gasteiger partial charge in [0, 0.05) is 25.5 Å². The summed E-state index contributed by atoms with van der Waals surface area (Å²) in [6.45, 7) is 7.16. The molecule has 0 spiro atoms. The maximum Gasteiger partial charge on any atom is 0.305 e. The van der Waals surface area contributed by atoms with Crippen LogP contribution in [0.2, 0.25) is 0 Å². The maximum absolute atomic E-state index is 11.9. The van der Waals surface area contributed by atoms with E-state index in [9.17, 15) is 13.2 Å². The Bertz CT molecular complexity index is 545. The smallest absolute Gasteiger partial charge is 0.305 e. The van der Waals surface area contributed by atoms with E-state index in [1.165, 1.54) is 0 Å². The number of aryl methyl sites for hydroxylation is 1. The molecule has 0 aliphatic heterocycles. The van der Waals surface area contributed by atoms with Crippen molar-refractivity contribution in [3.05, 3.63) is 15.4 Å². The lowest BCUT2D eigenvalue weighted by Crippen LogP contribution is -2.25. The molecule has 0 unspecified atom stereocenters. The Morgan fingerprint density at radius 3 is 2.63 bits per heavy atom. The van der Waals surface area contributed by atoms with Gasteiger partial charge in [0.25, 0.3) is 10.0 Å². The first-order valence-corrected chi connectivity index (χ1v) is 8.40. The Morgan fingerprint density at radius 1 is 1.42 bits per heavy atom. The molecule has 8 heteroatoms. The summed E-state index contributed by atoms with van der Waals surface area (Å²) < 4.78 is 31.7. The predicted molar refractivity (Wildman–Crippen MR) is 75.1 cm³/mol. The first-order chi connectivity index (χ1) is 8.83. The molecule has 2 N–H and O–H groups in total. The third-order valence-corrected chi connectivity index (χ3v) is 5.30. The Balaban J connectivity index is 2.40. The lowest BCUT2D eigenvalue weighted by atomic mass is 10.2. The molecule has 0 aliphatic carbocycles. The molecule has 19 heavy (non-hydrogen) atoms. The topological polar surface area (TPSA) is 88.3 Å². The number of rotatable bonds is 8. The van der Waals surface area contributed by atoms with Gasteiger partial charge in [-0.25, -0.2) is 13.1 Å². The first-order valence-electron chi connectivity index (χ1n) is 6.10. The molecule has 0 fully saturated rings. The van der Waals surface area contributed by atoms with Gasteiger partial charge in [0.15, 0.2) is 4.21 Å². The quantitative estimate of drug-likeness (QED) is 0.704. The van der Waals surface area contributed by atoms with E-state index in [1.54, 1.807) is 6.92 Å². The molecule has 0 amide bonds. The van der Waals surface area contributed by atoms with E-state index in [0.29, 0.717) is 49.1 Å². The zero-order valence-corrected chi connectivity index (χ0v) is 13.0. The molecule has 0 aliphatic rings. The number of nitrogens with one attached hydrogen (secondary N) is 2. The number of aromatic nitrogens is 1. The van der Waals surface area contributed by atoms with Crippen LogP contribution in [0, 0.1) is 12.8 Å². The largest absolute Gasteiger partial charge is 0.381 e. The molecule has 0 aromatic carbocycles. The molecule has 0 saturated carbocycles. The average Bonchev–Trinajstić information content (AvgIpc) is 2.63. The Morgan fingerprint density at radius 2 is 2.11 bits per heavy atom. The van der Waals surface area contributed by atoms with Gasteiger partial charge in [0.2, 0.25) is 0 Å². The lowest BCUT2D eigenvalue weighted by Gasteiger charge is -2.07. The molecule has 1 heterocycles. The summed E-state index contributed by atoms with van der Waals surface area (Å²) in [5, 5.41) is 0. The van der Waals surface area contributed by atoms with Crippen molar-refractivity contribution in [3.63, 3.8) is 0 Å². The molecule has 0 saturated heterocycles. The van der Waals surface area contributed by atoms with Crippen LogP contribution in [-0.4, -0.2) is 33.2 Å². The van der Waals surface area contributed by atoms with Crippen LogP contribution in [0.4, 0.5) is 0 Å². The van der Waals surface area contributed by atoms with Crippen LogP contribution in [0.15, 0.2) is 9.00 Å². The van der Waals surface area contributed by atoms with Gasteiger partial charge >= 0.3 is 4.87 Å². The normalized spacial score (nSPS) is 12.2. The van der Waals surface area contributed by atoms with Gasteiger partial charge in [-0.15, -0.1) is 0 Å². The van der Waals surface area contributed by atoms with E-state index in [4.69, 9.17) is 4.74 Å². The fourth-order valence-corrected chi connectivity index (χ4v) is 3.83. The Hall–Kier alpha value is -0.700. The molecule has 0 radical (unpaired) electrons. The van der Waals surface area contributed by atoms with Crippen LogP contribution in [0.5, 0.6) is 0 Å². The molecule has 1 aromatic rings. The van der Waals surface area contributed by atoms with Crippen LogP contribution in [-0.2, 0) is 14.8 Å². The SMILES string of the molecule is Cc1[nH]c(=O)sc1S(=O)(=O)NCCCOCC(C)C. The monoisotopic (exact) mass is 308 g/mol. The van der Waals surface area contributed by atoms with Gasteiger partial charge in [-0.2, -0.15) is 0 Å². The number of aromatic amines is 1. The number of ether oxygens (including phenoxy) is 1. The number of sulfonamides is 1. The fourth-order valence-electron chi connectivity index (χ4n) is 1.41. The molecule has 1 aromatic heterocycles. The van der Waals surface area contributed by atoms with Gasteiger partial charge < -0.3 is 9.72 Å². The summed E-state index contributed by atoms with van der Waals surface area (Å²) in [6, 6.07) is 0. The fraction of sp³-hybridized carbons (Fsp3) is 0.727. The summed E-state index contributed by atoms with van der Waals surface area (Å²) >= 11 is 0.701. The van der Waals surface area contributed by atoms with Crippen molar-refractivity contribution in [2.45, 2.75) is 31.4 Å². The van der Waals surface area contributed by atoms with Crippen molar-refractivity contribution in [3.8, 4) is 0 Å². The summed E-state index contributed by atoms with van der Waals surface area (Å²) in [5.41, 5.74) is 0.374. The highest BCUT2D eigenvalue weighted by Crippen LogP contribution is 2.15. The Labute approximate surface area is 117 Å². The Kier molecular flexibility index (Phi) is 6.18.